The number of aromatic amines is 1. The van der Waals surface area contributed by atoms with E-state index in [1.165, 1.54) is 19.2 Å². The number of amides is 1. The molecule has 8 heteroatoms. The highest BCUT2D eigenvalue weighted by molar-refractivity contribution is 6.01. The molecular formula is C15H12N4O4. The number of H-pyrrole nitrogens is 1. The molecule has 8 nitrogen and oxygen atoms in total. The fourth-order valence-electron chi connectivity index (χ4n) is 2.65. The summed E-state index contributed by atoms with van der Waals surface area (Å²) in [7, 11) is 1.49. The minimum atomic E-state index is -2.02. The van der Waals surface area contributed by atoms with Crippen LogP contribution in [0, 0.1) is 11.3 Å². The zero-order chi connectivity index (χ0) is 16.8. The number of carbonyl (C=O) groups is 1. The van der Waals surface area contributed by atoms with Crippen LogP contribution in [-0.4, -0.2) is 23.1 Å². The van der Waals surface area contributed by atoms with Gasteiger partial charge in [-0.2, -0.15) is 5.26 Å². The molecule has 1 aliphatic rings. The first-order valence-electron chi connectivity index (χ1n) is 6.58. The number of nitrogens with zero attached hydrogens (tertiary/aromatic N) is 1. The van der Waals surface area contributed by atoms with E-state index in [2.05, 4.69) is 10.3 Å². The number of hydrogen-bond acceptors (Lipinski definition) is 6. The molecule has 1 aromatic heterocycles. The van der Waals surface area contributed by atoms with Crippen LogP contribution in [0.4, 0.5) is 5.82 Å². The first kappa shape index (κ1) is 14.6. The van der Waals surface area contributed by atoms with Crippen molar-refractivity contribution in [2.24, 2.45) is 0 Å². The topological polar surface area (TPSA) is 141 Å². The Balaban J connectivity index is 2.32. The fourth-order valence-corrected chi connectivity index (χ4v) is 2.65. The third kappa shape index (κ3) is 1.95. The van der Waals surface area contributed by atoms with Gasteiger partial charge in [0.1, 0.15) is 28.8 Å². The van der Waals surface area contributed by atoms with Crippen LogP contribution in [0.3, 0.4) is 0 Å². The van der Waals surface area contributed by atoms with E-state index in [9.17, 15) is 20.0 Å². The molecule has 23 heavy (non-hydrogen) atoms. The van der Waals surface area contributed by atoms with Crippen molar-refractivity contribution < 1.29 is 14.6 Å². The Morgan fingerprint density at radius 3 is 2.52 bits per heavy atom. The van der Waals surface area contributed by atoms with Gasteiger partial charge in [0.05, 0.1) is 7.11 Å². The van der Waals surface area contributed by atoms with Gasteiger partial charge < -0.3 is 25.9 Å². The maximum atomic E-state index is 12.1. The number of nitrogen functional groups attached to an aromatic ring is 1. The molecule has 5 N–H and O–H groups in total. The SMILES string of the molecule is COc1ccc([C@]2(O)NC(=O)c3c2c(C#N)c(N)[nH]c3=O)cc1. The van der Waals surface area contributed by atoms with Crippen LogP contribution in [0.1, 0.15) is 27.0 Å². The van der Waals surface area contributed by atoms with Crippen molar-refractivity contribution in [3.63, 3.8) is 0 Å². The van der Waals surface area contributed by atoms with Gasteiger partial charge >= 0.3 is 0 Å². The Hall–Kier alpha value is -3.31. The van der Waals surface area contributed by atoms with E-state index in [-0.39, 0.29) is 28.1 Å². The van der Waals surface area contributed by atoms with Crippen molar-refractivity contribution in [1.29, 1.82) is 5.26 Å². The highest BCUT2D eigenvalue weighted by atomic mass is 16.5. The molecule has 0 saturated heterocycles. The number of benzene rings is 1. The third-order valence-corrected chi connectivity index (χ3v) is 3.75. The minimum Gasteiger partial charge on any atom is -0.497 e. The van der Waals surface area contributed by atoms with Crippen LogP contribution in [-0.2, 0) is 5.72 Å². The molecule has 0 fully saturated rings. The predicted molar refractivity (Wildman–Crippen MR) is 79.6 cm³/mol. The number of methoxy groups -OCH3 is 1. The maximum Gasteiger partial charge on any atom is 0.262 e. The van der Waals surface area contributed by atoms with Crippen molar-refractivity contribution in [3.05, 3.63) is 56.9 Å². The maximum absolute atomic E-state index is 12.1. The van der Waals surface area contributed by atoms with Crippen LogP contribution < -0.4 is 21.3 Å². The number of carbonyl (C=O) groups excluding carboxylic acids is 1. The minimum absolute atomic E-state index is 0.142. The number of fused-ring (bicyclic) bond motifs is 1. The van der Waals surface area contributed by atoms with Crippen LogP contribution >= 0.6 is 0 Å². The summed E-state index contributed by atoms with van der Waals surface area (Å²) in [5.74, 6) is -0.441. The second kappa shape index (κ2) is 4.86. The summed E-state index contributed by atoms with van der Waals surface area (Å²) >= 11 is 0. The van der Waals surface area contributed by atoms with Gasteiger partial charge in [-0.1, -0.05) is 12.1 Å². The molecule has 0 aliphatic carbocycles. The van der Waals surface area contributed by atoms with E-state index in [0.29, 0.717) is 5.75 Å². The smallest absolute Gasteiger partial charge is 0.262 e. The summed E-state index contributed by atoms with van der Waals surface area (Å²) in [4.78, 5) is 26.3. The molecule has 0 radical (unpaired) electrons. The number of nitriles is 1. The summed E-state index contributed by atoms with van der Waals surface area (Å²) in [6.07, 6.45) is 0. The normalized spacial score (nSPS) is 18.9. The van der Waals surface area contributed by atoms with Gasteiger partial charge in [-0.05, 0) is 12.1 Å². The average molecular weight is 312 g/mol. The monoisotopic (exact) mass is 312 g/mol. The lowest BCUT2D eigenvalue weighted by atomic mass is 9.91. The zero-order valence-electron chi connectivity index (χ0n) is 12.0. The average Bonchev–Trinajstić information content (AvgIpc) is 2.80. The lowest BCUT2D eigenvalue weighted by Gasteiger charge is -2.25. The molecule has 3 rings (SSSR count). The summed E-state index contributed by atoms with van der Waals surface area (Å²) in [5, 5.41) is 22.6. The Bertz CT molecular complexity index is 911. The van der Waals surface area contributed by atoms with Gasteiger partial charge in [0.15, 0.2) is 5.72 Å². The lowest BCUT2D eigenvalue weighted by Crippen LogP contribution is -2.40. The Morgan fingerprint density at radius 1 is 1.30 bits per heavy atom. The van der Waals surface area contributed by atoms with E-state index in [1.54, 1.807) is 12.1 Å². The molecule has 1 aliphatic heterocycles. The molecule has 0 bridgehead atoms. The Kier molecular flexibility index (Phi) is 3.09. The predicted octanol–water partition coefficient (Wildman–Crippen LogP) is -0.226. The van der Waals surface area contributed by atoms with Crippen molar-refractivity contribution in [3.8, 4) is 11.8 Å². The number of nitrogens with one attached hydrogen (secondary N) is 2. The number of ether oxygens (including phenoxy) is 1. The summed E-state index contributed by atoms with van der Waals surface area (Å²) < 4.78 is 5.04. The molecular weight excluding hydrogens is 300 g/mol. The van der Waals surface area contributed by atoms with Crippen molar-refractivity contribution in [1.82, 2.24) is 10.3 Å². The standard InChI is InChI=1S/C15H12N4O4/c1-23-8-4-2-7(3-5-8)15(22)11-9(6-16)12(17)18-13(20)10(11)14(21)19-15/h2-5,22H,1H3,(H,19,21)(H3,17,18,20)/t15-/m1/s1. The summed E-state index contributed by atoms with van der Waals surface area (Å²) in [6, 6.07) is 8.03. The summed E-state index contributed by atoms with van der Waals surface area (Å²) in [6.45, 7) is 0. The number of anilines is 1. The van der Waals surface area contributed by atoms with E-state index in [1.807, 2.05) is 6.07 Å². The van der Waals surface area contributed by atoms with Crippen molar-refractivity contribution in [2.45, 2.75) is 5.72 Å². The number of aromatic nitrogens is 1. The Morgan fingerprint density at radius 2 is 1.96 bits per heavy atom. The molecule has 0 spiro atoms. The number of hydrogen-bond donors (Lipinski definition) is 4. The van der Waals surface area contributed by atoms with Gasteiger partial charge in [-0.15, -0.1) is 0 Å². The first-order valence-corrected chi connectivity index (χ1v) is 6.58. The molecule has 1 aromatic carbocycles. The molecule has 0 saturated carbocycles. The lowest BCUT2D eigenvalue weighted by molar-refractivity contribution is 0.0474. The van der Waals surface area contributed by atoms with Crippen LogP contribution in [0.15, 0.2) is 29.1 Å². The van der Waals surface area contributed by atoms with Crippen LogP contribution in [0.2, 0.25) is 0 Å². The van der Waals surface area contributed by atoms with Gasteiger partial charge in [0.2, 0.25) is 0 Å². The van der Waals surface area contributed by atoms with E-state index in [4.69, 9.17) is 10.5 Å². The van der Waals surface area contributed by atoms with Crippen molar-refractivity contribution in [2.75, 3.05) is 12.8 Å². The van der Waals surface area contributed by atoms with Crippen molar-refractivity contribution >= 4 is 11.7 Å². The number of rotatable bonds is 2. The summed E-state index contributed by atoms with van der Waals surface area (Å²) in [5.41, 5.74) is 2.51. The molecule has 1 amide bonds. The highest BCUT2D eigenvalue weighted by Crippen LogP contribution is 2.37. The highest BCUT2D eigenvalue weighted by Gasteiger charge is 2.47. The molecule has 116 valence electrons. The van der Waals surface area contributed by atoms with Gasteiger partial charge in [0.25, 0.3) is 11.5 Å². The quantitative estimate of drug-likeness (QED) is 0.604. The fraction of sp³-hybridized carbons (Fsp3) is 0.133. The van der Waals surface area contributed by atoms with Crippen LogP contribution in [0.25, 0.3) is 0 Å². The number of pyridine rings is 1. The number of aliphatic hydroxyl groups is 1. The molecule has 0 unspecified atom stereocenters. The Labute approximate surface area is 130 Å². The second-order valence-electron chi connectivity index (χ2n) is 5.00. The largest absolute Gasteiger partial charge is 0.497 e. The van der Waals surface area contributed by atoms with E-state index < -0.39 is 17.2 Å². The van der Waals surface area contributed by atoms with Gasteiger partial charge in [0, 0.05) is 11.1 Å². The second-order valence-corrected chi connectivity index (χ2v) is 5.00. The first-order chi connectivity index (χ1) is 10.9. The molecule has 1 atom stereocenters. The molecule has 2 aromatic rings. The third-order valence-electron chi connectivity index (χ3n) is 3.75. The number of nitrogens with two attached hydrogens (primary N) is 1. The van der Waals surface area contributed by atoms with E-state index >= 15 is 0 Å². The molecule has 2 heterocycles. The zero-order valence-corrected chi connectivity index (χ0v) is 12.0. The van der Waals surface area contributed by atoms with Gasteiger partial charge in [-0.25, -0.2) is 0 Å². The van der Waals surface area contributed by atoms with E-state index in [0.717, 1.165) is 0 Å². The van der Waals surface area contributed by atoms with Crippen LogP contribution in [0.5, 0.6) is 5.75 Å². The van der Waals surface area contributed by atoms with Gasteiger partial charge in [-0.3, -0.25) is 9.59 Å².